The zero-order valence-electron chi connectivity index (χ0n) is 28.2. The van der Waals surface area contributed by atoms with Crippen molar-refractivity contribution in [1.82, 2.24) is 10.2 Å². The first-order valence-corrected chi connectivity index (χ1v) is 14.8. The molecule has 1 saturated heterocycles. The summed E-state index contributed by atoms with van der Waals surface area (Å²) in [6.07, 6.45) is -0.665. The first kappa shape index (κ1) is 39.4. The second-order valence-corrected chi connectivity index (χ2v) is 13.3. The summed E-state index contributed by atoms with van der Waals surface area (Å²) in [5, 5.41) is 10.2. The molecule has 1 heterocycles. The summed E-state index contributed by atoms with van der Waals surface area (Å²) < 4.78 is 11.0. The van der Waals surface area contributed by atoms with E-state index in [-0.39, 0.29) is 29.5 Å². The minimum atomic E-state index is -3.07. The molecule has 0 aliphatic carbocycles. The molecule has 0 saturated carbocycles. The quantitative estimate of drug-likeness (QED) is 0.0942. The van der Waals surface area contributed by atoms with Crippen LogP contribution in [0.25, 0.3) is 0 Å². The molecule has 14 nitrogen and oxygen atoms in total. The van der Waals surface area contributed by atoms with Crippen molar-refractivity contribution in [2.45, 2.75) is 90.3 Å². The molecule has 0 bridgehead atoms. The Bertz CT molecular complexity index is 1600. The number of nitrogen functional groups attached to an aromatic ring is 1. The maximum atomic E-state index is 14.5. The molecule has 3 atom stereocenters. The van der Waals surface area contributed by atoms with E-state index in [4.69, 9.17) is 26.4 Å². The second-order valence-electron chi connectivity index (χ2n) is 13.3. The Morgan fingerprint density at radius 1 is 0.938 bits per heavy atom. The lowest BCUT2D eigenvalue weighted by Gasteiger charge is -2.45. The van der Waals surface area contributed by atoms with E-state index in [2.05, 4.69) is 5.32 Å². The van der Waals surface area contributed by atoms with E-state index >= 15 is 0 Å². The van der Waals surface area contributed by atoms with Crippen LogP contribution in [0.15, 0.2) is 54.6 Å². The average molecular weight is 687 g/mol. The van der Waals surface area contributed by atoms with Gasteiger partial charge in [-0.25, -0.2) is 14.5 Å². The number of carbonyl (C=O) groups is 6. The van der Waals surface area contributed by atoms with E-state index in [0.717, 1.165) is 6.92 Å². The van der Waals surface area contributed by atoms with Gasteiger partial charge < -0.3 is 26.3 Å². The maximum Gasteiger partial charge on any atom is 0.363 e. The number of nitrogens with two attached hydrogens (primary N) is 2. The number of nitrogens with zero attached hydrogens (tertiary/aromatic N) is 2. The summed E-state index contributed by atoms with van der Waals surface area (Å²) in [5.74, 6) is -5.84. The number of hydrogen-bond donors (Lipinski definition) is 4. The maximum absolute atomic E-state index is 14.5. The van der Waals surface area contributed by atoms with Crippen molar-refractivity contribution in [3.05, 3.63) is 65.7 Å². The molecular weight excluding hydrogens is 644 g/mol. The van der Waals surface area contributed by atoms with Gasteiger partial charge in [0, 0.05) is 11.3 Å². The number of imide groups is 1. The lowest BCUT2D eigenvalue weighted by molar-refractivity contribution is -0.174. The van der Waals surface area contributed by atoms with Crippen molar-refractivity contribution in [1.29, 1.82) is 5.41 Å². The molecule has 1 aliphatic heterocycles. The van der Waals surface area contributed by atoms with Crippen LogP contribution < -0.4 is 21.7 Å². The van der Waals surface area contributed by atoms with Crippen LogP contribution in [0.1, 0.15) is 72.9 Å². The van der Waals surface area contributed by atoms with E-state index in [1.54, 1.807) is 26.8 Å². The monoisotopic (exact) mass is 686 g/mol. The summed E-state index contributed by atoms with van der Waals surface area (Å²) in [7, 11) is 0. The van der Waals surface area contributed by atoms with Crippen LogP contribution in [0.2, 0.25) is 0 Å². The summed E-state index contributed by atoms with van der Waals surface area (Å²) >= 11 is 0. The van der Waals surface area contributed by atoms with Gasteiger partial charge in [0.2, 0.25) is 5.91 Å². The number of para-hydroxylation sites is 1. The highest BCUT2D eigenvalue weighted by Crippen LogP contribution is 2.39. The van der Waals surface area contributed by atoms with Crippen LogP contribution in [0, 0.1) is 5.41 Å². The number of anilines is 1. The topological polar surface area (TPSA) is 215 Å². The van der Waals surface area contributed by atoms with Crippen molar-refractivity contribution in [3.63, 3.8) is 0 Å². The van der Waals surface area contributed by atoms with Crippen LogP contribution >= 0.6 is 12.4 Å². The third-order valence-electron chi connectivity index (χ3n) is 7.14. The van der Waals surface area contributed by atoms with E-state index in [1.807, 2.05) is 0 Å². The Morgan fingerprint density at radius 2 is 1.46 bits per heavy atom. The Morgan fingerprint density at radius 3 is 1.92 bits per heavy atom. The number of esters is 2. The minimum absolute atomic E-state index is 0. The van der Waals surface area contributed by atoms with Crippen LogP contribution in [0.3, 0.4) is 0 Å². The number of halogens is 1. The molecular formula is C33H43ClN6O8. The highest BCUT2D eigenvalue weighted by Gasteiger charge is 2.67. The van der Waals surface area contributed by atoms with Gasteiger partial charge in [-0.15, -0.1) is 12.4 Å². The van der Waals surface area contributed by atoms with Crippen molar-refractivity contribution >= 4 is 59.5 Å². The highest BCUT2D eigenvalue weighted by atomic mass is 35.5. The smallest absolute Gasteiger partial charge is 0.363 e. The molecule has 1 fully saturated rings. The fourth-order valence-corrected chi connectivity index (χ4v) is 5.07. The molecule has 0 aromatic heterocycles. The molecule has 6 N–H and O–H groups in total. The molecule has 15 heteroatoms. The Balaban J connectivity index is 0.00000800. The zero-order chi connectivity index (χ0) is 35.7. The standard InChI is InChI=1S/C33H42N6O8.ClH/c1-19(40)33(28(44)47-31(5,6)7,39-27(43)32(8,37-29(39)45)21-16-14-20(15-17-21)25(35)36)38(22-12-10-9-11-13-22)26(42)23(34)18-24(41)46-30(2,3)4;/h9-17,23H,18,34H2,1-8H3,(H3,35,36)(H,37,45);1H/t23-,32+,33-;/m0./s1. The van der Waals surface area contributed by atoms with Gasteiger partial charge >= 0.3 is 18.0 Å². The highest BCUT2D eigenvalue weighted by molar-refractivity contribution is 6.24. The number of ketones is 1. The number of amides is 4. The predicted octanol–water partition coefficient (Wildman–Crippen LogP) is 2.88. The fraction of sp³-hybridized carbons (Fsp3) is 0.424. The summed E-state index contributed by atoms with van der Waals surface area (Å²) in [6.45, 7) is 11.7. The van der Waals surface area contributed by atoms with Crippen molar-refractivity contribution in [3.8, 4) is 0 Å². The van der Waals surface area contributed by atoms with E-state index in [9.17, 15) is 28.8 Å². The lowest BCUT2D eigenvalue weighted by Crippen LogP contribution is -2.75. The SMILES string of the molecule is CC(=O)[C@@](C(=O)OC(C)(C)C)(N1C(=O)N[C@](C)(c2ccc(C(=N)N)cc2)C1=O)N(C(=O)[C@@H](N)CC(=O)OC(C)(C)C)c1ccccc1.Cl. The van der Waals surface area contributed by atoms with Gasteiger partial charge in [0.25, 0.3) is 11.6 Å². The van der Waals surface area contributed by atoms with Crippen molar-refractivity contribution < 1.29 is 38.2 Å². The van der Waals surface area contributed by atoms with Crippen molar-refractivity contribution in [2.24, 2.45) is 11.5 Å². The third-order valence-corrected chi connectivity index (χ3v) is 7.14. The van der Waals surface area contributed by atoms with Gasteiger partial charge in [0.05, 0.1) is 12.5 Å². The molecule has 2 aromatic rings. The van der Waals surface area contributed by atoms with E-state index in [1.165, 1.54) is 76.2 Å². The summed E-state index contributed by atoms with van der Waals surface area (Å²) in [6, 6.07) is 10.3. The number of carbonyl (C=O) groups excluding carboxylic acids is 6. The summed E-state index contributed by atoms with van der Waals surface area (Å²) in [5.41, 5.74) is 5.19. The first-order valence-electron chi connectivity index (χ1n) is 14.8. The summed E-state index contributed by atoms with van der Waals surface area (Å²) in [4.78, 5) is 85.1. The van der Waals surface area contributed by atoms with Crippen LogP contribution in [0.4, 0.5) is 10.5 Å². The van der Waals surface area contributed by atoms with Crippen LogP contribution in [0.5, 0.6) is 0 Å². The number of hydrogen-bond acceptors (Lipinski definition) is 10. The predicted molar refractivity (Wildman–Crippen MR) is 179 cm³/mol. The van der Waals surface area contributed by atoms with Crippen molar-refractivity contribution in [2.75, 3.05) is 4.90 Å². The number of nitrogens with one attached hydrogen (secondary N) is 2. The average Bonchev–Trinajstić information content (AvgIpc) is 3.17. The fourth-order valence-electron chi connectivity index (χ4n) is 5.07. The number of benzene rings is 2. The molecule has 48 heavy (non-hydrogen) atoms. The number of urea groups is 1. The van der Waals surface area contributed by atoms with Gasteiger partial charge in [0.15, 0.2) is 5.78 Å². The molecule has 3 rings (SSSR count). The molecule has 0 radical (unpaired) electrons. The van der Waals surface area contributed by atoms with Gasteiger partial charge in [-0.3, -0.25) is 29.5 Å². The molecule has 260 valence electrons. The van der Waals surface area contributed by atoms with Gasteiger partial charge in [0.1, 0.15) is 22.6 Å². The number of ether oxygens (including phenoxy) is 2. The Kier molecular flexibility index (Phi) is 11.6. The Hall–Kier alpha value is -4.82. The van der Waals surface area contributed by atoms with Crippen LogP contribution in [-0.4, -0.2) is 69.2 Å². The van der Waals surface area contributed by atoms with Crippen LogP contribution in [-0.2, 0) is 39.0 Å². The normalized spacial score (nSPS) is 18.1. The molecule has 1 aliphatic rings. The third kappa shape index (κ3) is 7.82. The molecule has 0 spiro atoms. The minimum Gasteiger partial charge on any atom is -0.460 e. The Labute approximate surface area is 285 Å². The van der Waals surface area contributed by atoms with Gasteiger partial charge in [-0.05, 0) is 73.1 Å². The van der Waals surface area contributed by atoms with Gasteiger partial charge in [-0.2, -0.15) is 0 Å². The second kappa shape index (κ2) is 14.1. The molecule has 2 aromatic carbocycles. The first-order chi connectivity index (χ1) is 21.6. The largest absolute Gasteiger partial charge is 0.460 e. The van der Waals surface area contributed by atoms with E-state index in [0.29, 0.717) is 15.4 Å². The zero-order valence-corrected chi connectivity index (χ0v) is 29.0. The molecule has 0 unspecified atom stereocenters. The lowest BCUT2D eigenvalue weighted by atomic mass is 9.89. The number of Topliss-reactive ketones (excluding diaryl/α,β-unsaturated/α-hetero) is 1. The number of amidine groups is 1. The van der Waals surface area contributed by atoms with E-state index < -0.39 is 70.4 Å². The van der Waals surface area contributed by atoms with Gasteiger partial charge in [-0.1, -0.05) is 42.5 Å². The molecule has 4 amide bonds. The number of rotatable bonds is 10.